The third-order valence-corrected chi connectivity index (χ3v) is 4.67. The van der Waals surface area contributed by atoms with Crippen LogP contribution in [0.15, 0.2) is 54.6 Å². The molecule has 0 radical (unpaired) electrons. The van der Waals surface area contributed by atoms with E-state index in [1.54, 1.807) is 23.1 Å². The number of nitrogens with zero attached hydrogens (tertiary/aromatic N) is 2. The maximum absolute atomic E-state index is 13.0. The number of anilines is 1. The number of carbonyl (C=O) groups is 1. The van der Waals surface area contributed by atoms with Gasteiger partial charge in [-0.2, -0.15) is 0 Å². The van der Waals surface area contributed by atoms with E-state index in [1.807, 2.05) is 24.3 Å². The van der Waals surface area contributed by atoms with Crippen molar-refractivity contribution in [3.63, 3.8) is 0 Å². The number of halogens is 1. The number of fused-ring (bicyclic) bond motifs is 1. The molecule has 0 aliphatic carbocycles. The minimum atomic E-state index is -0.292. The van der Waals surface area contributed by atoms with Crippen LogP contribution in [-0.2, 0) is 4.79 Å². The van der Waals surface area contributed by atoms with Crippen LogP contribution in [0.25, 0.3) is 16.3 Å². The molecule has 1 amide bonds. The highest BCUT2D eigenvalue weighted by atomic mass is 32.1. The van der Waals surface area contributed by atoms with Gasteiger partial charge in [-0.1, -0.05) is 49.4 Å². The highest BCUT2D eigenvalue weighted by Crippen LogP contribution is 2.29. The molecule has 5 heteroatoms. The van der Waals surface area contributed by atoms with Crippen LogP contribution in [0, 0.1) is 11.7 Å². The summed E-state index contributed by atoms with van der Waals surface area (Å²) >= 11 is 1.51. The number of carbonyl (C=O) groups excluding carboxylic acids is 1. The molecule has 3 rings (SSSR count). The van der Waals surface area contributed by atoms with Gasteiger partial charge in [0, 0.05) is 12.6 Å². The van der Waals surface area contributed by atoms with Crippen molar-refractivity contribution in [2.75, 3.05) is 11.4 Å². The van der Waals surface area contributed by atoms with Gasteiger partial charge in [-0.05, 0) is 41.8 Å². The fraction of sp³-hybridized carbons (Fsp3) is 0.200. The molecule has 0 aliphatic heterocycles. The van der Waals surface area contributed by atoms with Crippen molar-refractivity contribution in [1.29, 1.82) is 0 Å². The van der Waals surface area contributed by atoms with Crippen LogP contribution in [0.5, 0.6) is 0 Å². The van der Waals surface area contributed by atoms with Gasteiger partial charge in [0.1, 0.15) is 5.82 Å². The molecule has 0 bridgehead atoms. The van der Waals surface area contributed by atoms with Crippen molar-refractivity contribution in [2.24, 2.45) is 5.92 Å². The lowest BCUT2D eigenvalue weighted by Crippen LogP contribution is -2.32. The standard InChI is InChI=1S/C20H19FN2OS/c1-14(2)13-23(20-22-17-5-3-4-6-18(17)25-20)19(24)12-9-15-7-10-16(21)11-8-15/h3-12,14H,13H2,1-2H3/b12-9+. The molecule has 0 fully saturated rings. The van der Waals surface area contributed by atoms with E-state index in [-0.39, 0.29) is 11.7 Å². The predicted octanol–water partition coefficient (Wildman–Crippen LogP) is 5.14. The predicted molar refractivity (Wildman–Crippen MR) is 102 cm³/mol. The molecule has 0 saturated carbocycles. The van der Waals surface area contributed by atoms with Gasteiger partial charge in [-0.15, -0.1) is 0 Å². The Hall–Kier alpha value is -2.53. The number of aromatic nitrogens is 1. The molecule has 1 heterocycles. The van der Waals surface area contributed by atoms with Gasteiger partial charge in [0.25, 0.3) is 5.91 Å². The second-order valence-corrected chi connectivity index (χ2v) is 7.20. The number of thiazole rings is 1. The van der Waals surface area contributed by atoms with Crippen molar-refractivity contribution < 1.29 is 9.18 Å². The van der Waals surface area contributed by atoms with Gasteiger partial charge < -0.3 is 0 Å². The first-order valence-electron chi connectivity index (χ1n) is 8.13. The fourth-order valence-electron chi connectivity index (χ4n) is 2.43. The summed E-state index contributed by atoms with van der Waals surface area (Å²) in [4.78, 5) is 19.0. The Bertz CT molecular complexity index is 866. The zero-order valence-electron chi connectivity index (χ0n) is 14.1. The van der Waals surface area contributed by atoms with E-state index in [0.717, 1.165) is 15.8 Å². The summed E-state index contributed by atoms with van der Waals surface area (Å²) in [6.07, 6.45) is 3.21. The van der Waals surface area contributed by atoms with E-state index in [4.69, 9.17) is 0 Å². The summed E-state index contributed by atoms with van der Waals surface area (Å²) in [5, 5.41) is 0.698. The van der Waals surface area contributed by atoms with Crippen LogP contribution in [0.4, 0.5) is 9.52 Å². The molecule has 0 saturated heterocycles. The molecule has 1 aromatic heterocycles. The minimum absolute atomic E-state index is 0.128. The molecule has 2 aromatic carbocycles. The summed E-state index contributed by atoms with van der Waals surface area (Å²) in [5.74, 6) is -0.105. The Labute approximate surface area is 150 Å². The van der Waals surface area contributed by atoms with Crippen molar-refractivity contribution in [3.05, 3.63) is 66.0 Å². The molecule has 128 valence electrons. The van der Waals surface area contributed by atoms with E-state index >= 15 is 0 Å². The molecule has 0 aliphatic rings. The van der Waals surface area contributed by atoms with Crippen LogP contribution in [0.1, 0.15) is 19.4 Å². The van der Waals surface area contributed by atoms with Crippen LogP contribution in [0.3, 0.4) is 0 Å². The average Bonchev–Trinajstić information content (AvgIpc) is 3.02. The van der Waals surface area contributed by atoms with Gasteiger partial charge in [-0.3, -0.25) is 9.69 Å². The Kier molecular flexibility index (Phi) is 5.24. The molecule has 0 atom stereocenters. The van der Waals surface area contributed by atoms with Crippen molar-refractivity contribution in [2.45, 2.75) is 13.8 Å². The van der Waals surface area contributed by atoms with Crippen molar-refractivity contribution in [3.8, 4) is 0 Å². The van der Waals surface area contributed by atoms with Crippen LogP contribution < -0.4 is 4.90 Å². The number of amides is 1. The summed E-state index contributed by atoms with van der Waals surface area (Å²) in [7, 11) is 0. The maximum atomic E-state index is 13.0. The smallest absolute Gasteiger partial charge is 0.252 e. The zero-order chi connectivity index (χ0) is 17.8. The molecule has 25 heavy (non-hydrogen) atoms. The molecule has 0 N–H and O–H groups in total. The SMILES string of the molecule is CC(C)CN(C(=O)/C=C/c1ccc(F)cc1)c1nc2ccccc2s1. The average molecular weight is 354 g/mol. The van der Waals surface area contributed by atoms with Gasteiger partial charge in [0.05, 0.1) is 10.2 Å². The van der Waals surface area contributed by atoms with E-state index in [0.29, 0.717) is 17.6 Å². The van der Waals surface area contributed by atoms with E-state index in [9.17, 15) is 9.18 Å². The second kappa shape index (κ2) is 7.57. The Morgan fingerprint density at radius 2 is 1.92 bits per heavy atom. The molecular formula is C20H19FN2OS. The monoisotopic (exact) mass is 354 g/mol. The first-order valence-corrected chi connectivity index (χ1v) is 8.95. The highest BCUT2D eigenvalue weighted by Gasteiger charge is 2.18. The van der Waals surface area contributed by atoms with Gasteiger partial charge in [-0.25, -0.2) is 9.37 Å². The van der Waals surface area contributed by atoms with Gasteiger partial charge >= 0.3 is 0 Å². The summed E-state index contributed by atoms with van der Waals surface area (Å²) in [5.41, 5.74) is 1.68. The third-order valence-electron chi connectivity index (χ3n) is 3.62. The third kappa shape index (κ3) is 4.31. The first kappa shape index (κ1) is 17.3. The lowest BCUT2D eigenvalue weighted by molar-refractivity contribution is -0.114. The van der Waals surface area contributed by atoms with Gasteiger partial charge in [0.2, 0.25) is 0 Å². The highest BCUT2D eigenvalue weighted by molar-refractivity contribution is 7.22. The molecule has 0 unspecified atom stereocenters. The normalized spacial score (nSPS) is 11.5. The van der Waals surface area contributed by atoms with Crippen molar-refractivity contribution in [1.82, 2.24) is 4.98 Å². The van der Waals surface area contributed by atoms with Gasteiger partial charge in [0.15, 0.2) is 5.13 Å². The first-order chi connectivity index (χ1) is 12.0. The number of para-hydroxylation sites is 1. The minimum Gasteiger partial charge on any atom is -0.284 e. The van der Waals surface area contributed by atoms with E-state index in [2.05, 4.69) is 18.8 Å². The van der Waals surface area contributed by atoms with Crippen LogP contribution in [0.2, 0.25) is 0 Å². The molecule has 0 spiro atoms. The number of hydrogen-bond acceptors (Lipinski definition) is 3. The number of hydrogen-bond donors (Lipinski definition) is 0. The zero-order valence-corrected chi connectivity index (χ0v) is 15.0. The summed E-state index contributed by atoms with van der Waals surface area (Å²) in [6.45, 7) is 4.72. The Balaban J connectivity index is 1.86. The van der Waals surface area contributed by atoms with Crippen LogP contribution >= 0.6 is 11.3 Å². The number of rotatable bonds is 5. The van der Waals surface area contributed by atoms with Crippen LogP contribution in [-0.4, -0.2) is 17.4 Å². The van der Waals surface area contributed by atoms with Crippen molar-refractivity contribution >= 4 is 38.7 Å². The lowest BCUT2D eigenvalue weighted by Gasteiger charge is -2.20. The maximum Gasteiger partial charge on any atom is 0.252 e. The Morgan fingerprint density at radius 3 is 2.60 bits per heavy atom. The Morgan fingerprint density at radius 1 is 1.20 bits per heavy atom. The fourth-order valence-corrected chi connectivity index (χ4v) is 3.41. The second-order valence-electron chi connectivity index (χ2n) is 6.19. The lowest BCUT2D eigenvalue weighted by atomic mass is 10.2. The summed E-state index contributed by atoms with van der Waals surface area (Å²) < 4.78 is 14.0. The quantitative estimate of drug-likeness (QED) is 0.595. The molecule has 3 nitrogen and oxygen atoms in total. The summed E-state index contributed by atoms with van der Waals surface area (Å²) in [6, 6.07) is 13.9. The van der Waals surface area contributed by atoms with E-state index in [1.165, 1.54) is 29.5 Å². The largest absolute Gasteiger partial charge is 0.284 e. The topological polar surface area (TPSA) is 33.2 Å². The van der Waals surface area contributed by atoms with E-state index < -0.39 is 0 Å². The molecular weight excluding hydrogens is 335 g/mol. The number of benzene rings is 2. The molecule has 3 aromatic rings.